The Morgan fingerprint density at radius 1 is 1.47 bits per heavy atom. The molecule has 0 bridgehead atoms. The number of nitrogens with one attached hydrogen (secondary N) is 1. The van der Waals surface area contributed by atoms with E-state index >= 15 is 0 Å². The van der Waals surface area contributed by atoms with E-state index in [1.165, 1.54) is 6.92 Å². The smallest absolute Gasteiger partial charge is 0.150 e. The van der Waals surface area contributed by atoms with Crippen molar-refractivity contribution in [1.82, 2.24) is 0 Å². The van der Waals surface area contributed by atoms with E-state index in [0.29, 0.717) is 0 Å². The summed E-state index contributed by atoms with van der Waals surface area (Å²) in [7, 11) is 0. The van der Waals surface area contributed by atoms with Crippen LogP contribution in [0.3, 0.4) is 0 Å². The lowest BCUT2D eigenvalue weighted by Crippen LogP contribution is -2.39. The van der Waals surface area contributed by atoms with Crippen LogP contribution in [0, 0.1) is 23.0 Å². The van der Waals surface area contributed by atoms with Gasteiger partial charge in [0.2, 0.25) is 0 Å². The molecule has 1 aromatic rings. The Balaban J connectivity index is 2.82. The summed E-state index contributed by atoms with van der Waals surface area (Å²) in [6, 6.07) is 2.87. The Bertz CT molecular complexity index is 420. The summed E-state index contributed by atoms with van der Waals surface area (Å²) < 4.78 is 26.8. The molecule has 92 valence electrons. The van der Waals surface area contributed by atoms with Crippen molar-refractivity contribution in [3.05, 3.63) is 29.3 Å². The molecule has 0 aromatic heterocycles. The lowest BCUT2D eigenvalue weighted by Gasteiger charge is -2.16. The summed E-state index contributed by atoms with van der Waals surface area (Å²) in [6.45, 7) is 1.51. The molecule has 2 unspecified atom stereocenters. The van der Waals surface area contributed by atoms with E-state index in [-0.39, 0.29) is 17.8 Å². The zero-order valence-electron chi connectivity index (χ0n) is 9.24. The molecule has 4 N–H and O–H groups in total. The third-order valence-electron chi connectivity index (χ3n) is 2.31. The summed E-state index contributed by atoms with van der Waals surface area (Å²) >= 11 is 0. The van der Waals surface area contributed by atoms with Crippen LogP contribution < -0.4 is 11.1 Å². The molecule has 0 heterocycles. The molecule has 0 radical (unpaired) electrons. The first-order valence-electron chi connectivity index (χ1n) is 5.02. The van der Waals surface area contributed by atoms with Crippen molar-refractivity contribution in [2.24, 2.45) is 5.73 Å². The molecule has 1 rings (SSSR count). The minimum Gasteiger partial charge on any atom is -0.392 e. The summed E-state index contributed by atoms with van der Waals surface area (Å²) in [5.74, 6) is -1.72. The molecule has 17 heavy (non-hydrogen) atoms. The van der Waals surface area contributed by atoms with Crippen molar-refractivity contribution >= 4 is 5.69 Å². The van der Waals surface area contributed by atoms with Crippen LogP contribution in [0.4, 0.5) is 14.5 Å². The van der Waals surface area contributed by atoms with Crippen LogP contribution in [0.5, 0.6) is 0 Å². The van der Waals surface area contributed by atoms with Crippen molar-refractivity contribution in [2.45, 2.75) is 19.1 Å². The van der Waals surface area contributed by atoms with E-state index in [0.717, 1.165) is 12.1 Å². The molecule has 4 nitrogen and oxygen atoms in total. The molecule has 0 fully saturated rings. The summed E-state index contributed by atoms with van der Waals surface area (Å²) in [5.41, 5.74) is 5.07. The molecular weight excluding hydrogens is 228 g/mol. The number of nitrogens with two attached hydrogens (primary N) is 1. The van der Waals surface area contributed by atoms with Gasteiger partial charge in [-0.1, -0.05) is 0 Å². The highest BCUT2D eigenvalue weighted by Gasteiger charge is 2.14. The Hall–Kier alpha value is -1.71. The Morgan fingerprint density at radius 2 is 2.00 bits per heavy atom. The van der Waals surface area contributed by atoms with Gasteiger partial charge in [0.25, 0.3) is 0 Å². The molecular formula is C11H13F2N3O. The average Bonchev–Trinajstić information content (AvgIpc) is 2.27. The van der Waals surface area contributed by atoms with E-state index < -0.39 is 23.8 Å². The van der Waals surface area contributed by atoms with Crippen LogP contribution in [-0.2, 0) is 0 Å². The maximum atomic E-state index is 13.4. The third kappa shape index (κ3) is 3.37. The quantitative estimate of drug-likeness (QED) is 0.733. The highest BCUT2D eigenvalue weighted by molar-refractivity contribution is 5.50. The molecule has 0 aliphatic heterocycles. The third-order valence-corrected chi connectivity index (χ3v) is 2.31. The number of rotatable bonds is 4. The van der Waals surface area contributed by atoms with Gasteiger partial charge in [-0.3, -0.25) is 0 Å². The van der Waals surface area contributed by atoms with Gasteiger partial charge in [-0.05, 0) is 19.1 Å². The van der Waals surface area contributed by atoms with Crippen LogP contribution in [0.15, 0.2) is 12.1 Å². The minimum atomic E-state index is -0.862. The zero-order valence-corrected chi connectivity index (χ0v) is 9.24. The summed E-state index contributed by atoms with van der Waals surface area (Å²) in [4.78, 5) is 0. The second kappa shape index (κ2) is 5.57. The van der Waals surface area contributed by atoms with Gasteiger partial charge in [0.1, 0.15) is 5.69 Å². The fourth-order valence-corrected chi connectivity index (χ4v) is 1.20. The van der Waals surface area contributed by atoms with Crippen molar-refractivity contribution in [2.75, 3.05) is 11.9 Å². The van der Waals surface area contributed by atoms with E-state index in [1.807, 2.05) is 0 Å². The molecule has 0 saturated carbocycles. The number of nitriles is 1. The monoisotopic (exact) mass is 241 g/mol. The number of halogens is 2. The molecule has 6 heteroatoms. The van der Waals surface area contributed by atoms with Crippen LogP contribution in [0.1, 0.15) is 12.5 Å². The van der Waals surface area contributed by atoms with E-state index in [2.05, 4.69) is 5.32 Å². The van der Waals surface area contributed by atoms with Crippen LogP contribution in [0.2, 0.25) is 0 Å². The maximum absolute atomic E-state index is 13.4. The Labute approximate surface area is 97.7 Å². The number of aliphatic hydroxyl groups excluding tert-OH is 1. The van der Waals surface area contributed by atoms with Crippen molar-refractivity contribution in [3.8, 4) is 6.07 Å². The van der Waals surface area contributed by atoms with Gasteiger partial charge < -0.3 is 16.2 Å². The first kappa shape index (κ1) is 13.4. The van der Waals surface area contributed by atoms with Crippen molar-refractivity contribution in [1.29, 1.82) is 5.26 Å². The fraction of sp³-hybridized carbons (Fsp3) is 0.364. The van der Waals surface area contributed by atoms with Crippen LogP contribution in [-0.4, -0.2) is 23.8 Å². The first-order valence-corrected chi connectivity index (χ1v) is 5.02. The molecule has 0 aliphatic rings. The maximum Gasteiger partial charge on any atom is 0.150 e. The normalized spacial score (nSPS) is 13.9. The van der Waals surface area contributed by atoms with Crippen molar-refractivity contribution < 1.29 is 13.9 Å². The molecule has 0 spiro atoms. The molecule has 0 amide bonds. The predicted octanol–water partition coefficient (Wildman–Crippen LogP) is 0.956. The van der Waals surface area contributed by atoms with Gasteiger partial charge in [0.15, 0.2) is 11.6 Å². The predicted molar refractivity (Wildman–Crippen MR) is 59.2 cm³/mol. The number of anilines is 1. The number of hydrogen-bond donors (Lipinski definition) is 3. The van der Waals surface area contributed by atoms with E-state index in [1.54, 1.807) is 6.07 Å². The van der Waals surface area contributed by atoms with Crippen LogP contribution in [0.25, 0.3) is 0 Å². The minimum absolute atomic E-state index is 0.0252. The van der Waals surface area contributed by atoms with Gasteiger partial charge in [-0.15, -0.1) is 0 Å². The fourth-order valence-electron chi connectivity index (χ4n) is 1.20. The van der Waals surface area contributed by atoms with Crippen molar-refractivity contribution in [3.63, 3.8) is 0 Å². The lowest BCUT2D eigenvalue weighted by atomic mass is 10.1. The number of hydrogen-bond acceptors (Lipinski definition) is 4. The van der Waals surface area contributed by atoms with E-state index in [4.69, 9.17) is 16.1 Å². The van der Waals surface area contributed by atoms with Gasteiger partial charge in [-0.25, -0.2) is 8.78 Å². The zero-order chi connectivity index (χ0) is 13.0. The van der Waals surface area contributed by atoms with E-state index in [9.17, 15) is 8.78 Å². The van der Waals surface area contributed by atoms with Gasteiger partial charge in [0, 0.05) is 12.6 Å². The molecule has 2 atom stereocenters. The summed E-state index contributed by atoms with van der Waals surface area (Å²) in [5, 5.41) is 20.1. The Morgan fingerprint density at radius 3 is 2.41 bits per heavy atom. The molecule has 1 aromatic carbocycles. The molecule has 0 aliphatic carbocycles. The largest absolute Gasteiger partial charge is 0.392 e. The van der Waals surface area contributed by atoms with Crippen LogP contribution >= 0.6 is 0 Å². The molecule has 0 saturated heterocycles. The number of nitrogens with zero attached hydrogens (tertiary/aromatic N) is 1. The standard InChI is InChI=1S/C11H13F2N3O/c1-6(17)10(15)5-16-11-8(12)2-7(4-14)3-9(11)13/h2-3,6,10,16-17H,5,15H2,1H3. The average molecular weight is 241 g/mol. The van der Waals surface area contributed by atoms with Gasteiger partial charge in [0.05, 0.1) is 17.7 Å². The SMILES string of the molecule is CC(O)C(N)CNc1c(F)cc(C#N)cc1F. The van der Waals surface area contributed by atoms with Gasteiger partial charge >= 0.3 is 0 Å². The second-order valence-corrected chi connectivity index (χ2v) is 3.71. The van der Waals surface area contributed by atoms with Gasteiger partial charge in [-0.2, -0.15) is 5.26 Å². The highest BCUT2D eigenvalue weighted by Crippen LogP contribution is 2.20. The first-order chi connectivity index (χ1) is 7.95. The number of benzene rings is 1. The topological polar surface area (TPSA) is 82.1 Å². The number of aliphatic hydroxyl groups is 1. The summed E-state index contributed by atoms with van der Waals surface area (Å²) in [6.07, 6.45) is -0.785. The Kier molecular flexibility index (Phi) is 4.37. The highest BCUT2D eigenvalue weighted by atomic mass is 19.1. The second-order valence-electron chi connectivity index (χ2n) is 3.71. The lowest BCUT2D eigenvalue weighted by molar-refractivity contribution is 0.168.